The fourth-order valence-electron chi connectivity index (χ4n) is 2.78. The highest BCUT2D eigenvalue weighted by atomic mass is 32.2. The van der Waals surface area contributed by atoms with Gasteiger partial charge < -0.3 is 9.26 Å². The maximum atomic E-state index is 12.8. The van der Waals surface area contributed by atoms with Crippen molar-refractivity contribution in [2.24, 2.45) is 0 Å². The van der Waals surface area contributed by atoms with Crippen LogP contribution in [0, 0.1) is 0 Å². The molecule has 0 bridgehead atoms. The molecule has 0 N–H and O–H groups in total. The van der Waals surface area contributed by atoms with Gasteiger partial charge >= 0.3 is 5.97 Å². The van der Waals surface area contributed by atoms with Gasteiger partial charge in [-0.3, -0.25) is 0 Å². The number of rotatable bonds is 5. The van der Waals surface area contributed by atoms with Crippen molar-refractivity contribution < 1.29 is 22.5 Å². The van der Waals surface area contributed by atoms with E-state index in [1.54, 1.807) is 5.38 Å². The van der Waals surface area contributed by atoms with Crippen molar-refractivity contribution in [2.45, 2.75) is 10.8 Å². The van der Waals surface area contributed by atoms with Gasteiger partial charge in [-0.1, -0.05) is 35.5 Å². The summed E-state index contributed by atoms with van der Waals surface area (Å²) in [6, 6.07) is 10.8. The van der Waals surface area contributed by atoms with Crippen molar-refractivity contribution >= 4 is 27.3 Å². The van der Waals surface area contributed by atoms with Crippen LogP contribution in [-0.2, 0) is 14.8 Å². The molecule has 1 aromatic carbocycles. The molecule has 0 atom stereocenters. The first-order chi connectivity index (χ1) is 13.0. The summed E-state index contributed by atoms with van der Waals surface area (Å²) in [5, 5.41) is 5.52. The summed E-state index contributed by atoms with van der Waals surface area (Å²) in [5.41, 5.74) is 0.831. The average Bonchev–Trinajstić information content (AvgIpc) is 3.30. The van der Waals surface area contributed by atoms with Crippen LogP contribution in [0.25, 0.3) is 11.4 Å². The molecule has 140 valence electrons. The molecular formula is C17H15N3O5S2. The Morgan fingerprint density at radius 1 is 1.26 bits per heavy atom. The number of aromatic nitrogens is 2. The zero-order valence-corrected chi connectivity index (χ0v) is 15.9. The Hall–Kier alpha value is -2.56. The Balaban J connectivity index is 1.49. The molecule has 10 heteroatoms. The lowest BCUT2D eigenvalue weighted by Crippen LogP contribution is -2.48. The molecule has 0 spiro atoms. The SMILES string of the molecule is COC(=O)c1sccc1S(=O)(=O)N1CC(c2nc(-c3ccccc3)no2)C1. The summed E-state index contributed by atoms with van der Waals surface area (Å²) in [4.78, 5) is 16.2. The lowest BCUT2D eigenvalue weighted by Gasteiger charge is -2.35. The summed E-state index contributed by atoms with van der Waals surface area (Å²) >= 11 is 1.04. The van der Waals surface area contributed by atoms with Crippen LogP contribution < -0.4 is 0 Å². The third-order valence-corrected chi connectivity index (χ3v) is 7.19. The number of hydrogen-bond donors (Lipinski definition) is 0. The summed E-state index contributed by atoms with van der Waals surface area (Å²) in [6.45, 7) is 0.435. The van der Waals surface area contributed by atoms with E-state index in [1.807, 2.05) is 30.3 Å². The number of benzene rings is 1. The fourth-order valence-corrected chi connectivity index (χ4v) is 5.62. The van der Waals surface area contributed by atoms with Crippen LogP contribution in [0.3, 0.4) is 0 Å². The van der Waals surface area contributed by atoms with Gasteiger partial charge in [0.2, 0.25) is 21.7 Å². The van der Waals surface area contributed by atoms with E-state index in [0.717, 1.165) is 16.9 Å². The zero-order valence-electron chi connectivity index (χ0n) is 14.2. The van der Waals surface area contributed by atoms with Crippen LogP contribution >= 0.6 is 11.3 Å². The van der Waals surface area contributed by atoms with Gasteiger partial charge in [-0.05, 0) is 11.4 Å². The molecule has 1 aliphatic rings. The molecule has 1 saturated heterocycles. The second kappa shape index (κ2) is 6.87. The first-order valence-electron chi connectivity index (χ1n) is 8.05. The first-order valence-corrected chi connectivity index (χ1v) is 10.4. The highest BCUT2D eigenvalue weighted by Gasteiger charge is 2.42. The minimum Gasteiger partial charge on any atom is -0.465 e. The standard InChI is InChI=1S/C17H15N3O5S2/c1-24-17(21)14-13(7-8-26-14)27(22,23)20-9-12(10-20)16-18-15(19-25-16)11-5-3-2-4-6-11/h2-8,12H,9-10H2,1H3. The fraction of sp³-hybridized carbons (Fsp3) is 0.235. The minimum absolute atomic E-state index is 0.0340. The van der Waals surface area contributed by atoms with E-state index in [0.29, 0.717) is 11.7 Å². The predicted octanol–water partition coefficient (Wildman–Crippen LogP) is 2.37. The van der Waals surface area contributed by atoms with Crippen LogP contribution in [0.5, 0.6) is 0 Å². The maximum absolute atomic E-state index is 12.8. The van der Waals surface area contributed by atoms with Gasteiger partial charge in [-0.25, -0.2) is 13.2 Å². The average molecular weight is 405 g/mol. The molecule has 4 rings (SSSR count). The number of hydrogen-bond acceptors (Lipinski definition) is 8. The Morgan fingerprint density at radius 3 is 2.70 bits per heavy atom. The molecule has 1 aliphatic heterocycles. The van der Waals surface area contributed by atoms with E-state index >= 15 is 0 Å². The molecule has 3 aromatic rings. The van der Waals surface area contributed by atoms with Gasteiger partial charge in [0.15, 0.2) is 0 Å². The molecule has 0 unspecified atom stereocenters. The van der Waals surface area contributed by atoms with E-state index in [1.165, 1.54) is 17.5 Å². The first kappa shape index (κ1) is 17.8. The van der Waals surface area contributed by atoms with Crippen LogP contribution in [0.1, 0.15) is 21.5 Å². The van der Waals surface area contributed by atoms with Crippen molar-refractivity contribution in [1.82, 2.24) is 14.4 Å². The number of sulfonamides is 1. The molecule has 8 nitrogen and oxygen atoms in total. The molecular weight excluding hydrogens is 390 g/mol. The van der Waals surface area contributed by atoms with Gasteiger partial charge in [0, 0.05) is 18.7 Å². The second-order valence-corrected chi connectivity index (χ2v) is 8.77. The largest absolute Gasteiger partial charge is 0.465 e. The Bertz CT molecular complexity index is 1070. The van der Waals surface area contributed by atoms with Crippen LogP contribution in [-0.4, -0.2) is 49.0 Å². The van der Waals surface area contributed by atoms with Crippen LogP contribution in [0.2, 0.25) is 0 Å². The summed E-state index contributed by atoms with van der Waals surface area (Å²) in [7, 11) is -2.56. The number of ether oxygens (including phenoxy) is 1. The molecule has 0 saturated carbocycles. The van der Waals surface area contributed by atoms with Crippen molar-refractivity contribution in [3.63, 3.8) is 0 Å². The number of thiophene rings is 1. The number of nitrogens with zero attached hydrogens (tertiary/aromatic N) is 3. The summed E-state index contributed by atoms with van der Waals surface area (Å²) < 4.78 is 36.8. The Kier molecular flexibility index (Phi) is 4.54. The molecule has 27 heavy (non-hydrogen) atoms. The van der Waals surface area contributed by atoms with Gasteiger partial charge in [0.25, 0.3) is 0 Å². The second-order valence-electron chi connectivity index (χ2n) is 5.95. The van der Waals surface area contributed by atoms with Crippen LogP contribution in [0.15, 0.2) is 51.2 Å². The monoisotopic (exact) mass is 405 g/mol. The van der Waals surface area contributed by atoms with Crippen molar-refractivity contribution in [1.29, 1.82) is 0 Å². The minimum atomic E-state index is -3.78. The number of carbonyl (C=O) groups excluding carboxylic acids is 1. The topological polar surface area (TPSA) is 103 Å². The third kappa shape index (κ3) is 3.15. The Morgan fingerprint density at radius 2 is 2.00 bits per heavy atom. The van der Waals surface area contributed by atoms with E-state index in [-0.39, 0.29) is 28.8 Å². The lowest BCUT2D eigenvalue weighted by molar-refractivity contribution is 0.0602. The third-order valence-electron chi connectivity index (χ3n) is 4.29. The highest BCUT2D eigenvalue weighted by molar-refractivity contribution is 7.89. The number of methoxy groups -OCH3 is 1. The molecule has 2 aromatic heterocycles. The molecule has 0 aliphatic carbocycles. The van der Waals surface area contributed by atoms with E-state index in [4.69, 9.17) is 4.52 Å². The molecule has 3 heterocycles. The molecule has 1 fully saturated rings. The summed E-state index contributed by atoms with van der Waals surface area (Å²) in [6.07, 6.45) is 0. The lowest BCUT2D eigenvalue weighted by atomic mass is 10.0. The van der Waals surface area contributed by atoms with E-state index < -0.39 is 16.0 Å². The van der Waals surface area contributed by atoms with Gasteiger partial charge in [-0.2, -0.15) is 9.29 Å². The van der Waals surface area contributed by atoms with Gasteiger partial charge in [0.1, 0.15) is 9.77 Å². The van der Waals surface area contributed by atoms with Crippen LogP contribution in [0.4, 0.5) is 0 Å². The molecule has 0 radical (unpaired) electrons. The van der Waals surface area contributed by atoms with E-state index in [2.05, 4.69) is 14.9 Å². The zero-order chi connectivity index (χ0) is 19.0. The smallest absolute Gasteiger partial charge is 0.349 e. The van der Waals surface area contributed by atoms with E-state index in [9.17, 15) is 13.2 Å². The Labute approximate surface area is 159 Å². The normalized spacial score (nSPS) is 15.4. The highest BCUT2D eigenvalue weighted by Crippen LogP contribution is 2.34. The number of esters is 1. The van der Waals surface area contributed by atoms with Crippen molar-refractivity contribution in [3.8, 4) is 11.4 Å². The summed E-state index contributed by atoms with van der Waals surface area (Å²) in [5.74, 6) is 0.0338. The molecule has 0 amide bonds. The van der Waals surface area contributed by atoms with Crippen molar-refractivity contribution in [3.05, 3.63) is 52.5 Å². The van der Waals surface area contributed by atoms with Crippen molar-refractivity contribution in [2.75, 3.05) is 20.2 Å². The number of carbonyl (C=O) groups is 1. The predicted molar refractivity (Wildman–Crippen MR) is 96.9 cm³/mol. The maximum Gasteiger partial charge on any atom is 0.349 e. The van der Waals surface area contributed by atoms with Gasteiger partial charge in [-0.15, -0.1) is 11.3 Å². The quantitative estimate of drug-likeness (QED) is 0.600. The van der Waals surface area contributed by atoms with Gasteiger partial charge in [0.05, 0.1) is 13.0 Å².